The van der Waals surface area contributed by atoms with Gasteiger partial charge in [-0.15, -0.1) is 0 Å². The zero-order valence-electron chi connectivity index (χ0n) is 9.26. The van der Waals surface area contributed by atoms with Crippen molar-refractivity contribution < 1.29 is 19.7 Å². The number of nitrogens with zero attached hydrogens (tertiary/aromatic N) is 1. The number of ether oxygens (including phenoxy) is 2. The molecule has 2 N–H and O–H groups in total. The summed E-state index contributed by atoms with van der Waals surface area (Å²) in [5, 5.41) is 18.1. The van der Waals surface area contributed by atoms with Crippen molar-refractivity contribution in [3.63, 3.8) is 0 Å². The maximum Gasteiger partial charge on any atom is 0.0724 e. The molecule has 0 unspecified atom stereocenters. The van der Waals surface area contributed by atoms with Gasteiger partial charge < -0.3 is 19.7 Å². The van der Waals surface area contributed by atoms with E-state index in [4.69, 9.17) is 19.7 Å². The van der Waals surface area contributed by atoms with Crippen molar-refractivity contribution in [3.8, 4) is 0 Å². The maximum atomic E-state index is 9.07. The van der Waals surface area contributed by atoms with Crippen LogP contribution >= 0.6 is 0 Å². The fourth-order valence-corrected chi connectivity index (χ4v) is 1.79. The quantitative estimate of drug-likeness (QED) is 0.605. The first-order valence-electron chi connectivity index (χ1n) is 5.38. The summed E-state index contributed by atoms with van der Waals surface area (Å²) in [6, 6.07) is -0.154. The van der Waals surface area contributed by atoms with Crippen LogP contribution in [-0.2, 0) is 9.47 Å². The van der Waals surface area contributed by atoms with Crippen LogP contribution < -0.4 is 0 Å². The molecule has 0 aromatic rings. The number of morpholine rings is 1. The van der Waals surface area contributed by atoms with Gasteiger partial charge in [0.15, 0.2) is 0 Å². The summed E-state index contributed by atoms with van der Waals surface area (Å²) >= 11 is 0. The SMILES string of the molecule is COCC[C@@H]1CN(C(CO)CO)CCO1. The Balaban J connectivity index is 2.33. The second kappa shape index (κ2) is 7.14. The van der Waals surface area contributed by atoms with Crippen LogP contribution in [0.5, 0.6) is 0 Å². The van der Waals surface area contributed by atoms with Crippen LogP contribution in [0, 0.1) is 0 Å². The standard InChI is InChI=1S/C10H21NO4/c1-14-4-2-10-6-11(3-5-15-10)9(7-12)8-13/h9-10,12-13H,2-8H2,1H3/t10-/m1/s1. The number of rotatable bonds is 6. The molecular formula is C10H21NO4. The molecule has 1 aliphatic heterocycles. The van der Waals surface area contributed by atoms with E-state index in [1.54, 1.807) is 7.11 Å². The Morgan fingerprint density at radius 2 is 2.20 bits per heavy atom. The average Bonchev–Trinajstić information content (AvgIpc) is 2.29. The lowest BCUT2D eigenvalue weighted by Gasteiger charge is -2.36. The molecule has 5 nitrogen and oxygen atoms in total. The Hall–Kier alpha value is -0.200. The summed E-state index contributed by atoms with van der Waals surface area (Å²) in [7, 11) is 1.67. The molecule has 15 heavy (non-hydrogen) atoms. The molecule has 5 heteroatoms. The van der Waals surface area contributed by atoms with Crippen molar-refractivity contribution in [3.05, 3.63) is 0 Å². The largest absolute Gasteiger partial charge is 0.395 e. The molecule has 0 saturated carbocycles. The molecule has 90 valence electrons. The average molecular weight is 219 g/mol. The van der Waals surface area contributed by atoms with E-state index in [0.717, 1.165) is 19.5 Å². The topological polar surface area (TPSA) is 62.2 Å². The molecule has 0 radical (unpaired) electrons. The lowest BCUT2D eigenvalue weighted by molar-refractivity contribution is -0.0673. The Morgan fingerprint density at radius 1 is 1.47 bits per heavy atom. The zero-order chi connectivity index (χ0) is 11.1. The summed E-state index contributed by atoms with van der Waals surface area (Å²) in [6.07, 6.45) is 1.01. The lowest BCUT2D eigenvalue weighted by Crippen LogP contribution is -2.50. The van der Waals surface area contributed by atoms with Crippen molar-refractivity contribution >= 4 is 0 Å². The molecule has 1 heterocycles. The Kier molecular flexibility index (Phi) is 6.12. The highest BCUT2D eigenvalue weighted by atomic mass is 16.5. The molecule has 0 amide bonds. The highest BCUT2D eigenvalue weighted by molar-refractivity contribution is 4.77. The van der Waals surface area contributed by atoms with Crippen molar-refractivity contribution in [2.75, 3.05) is 46.6 Å². The summed E-state index contributed by atoms with van der Waals surface area (Å²) in [5.74, 6) is 0. The second-order valence-electron chi connectivity index (χ2n) is 3.79. The van der Waals surface area contributed by atoms with Gasteiger partial charge in [-0.05, 0) is 6.42 Å². The van der Waals surface area contributed by atoms with Crippen LogP contribution in [0.4, 0.5) is 0 Å². The summed E-state index contributed by atoms with van der Waals surface area (Å²) in [6.45, 7) is 2.86. The monoisotopic (exact) mass is 219 g/mol. The molecular weight excluding hydrogens is 198 g/mol. The van der Waals surface area contributed by atoms with E-state index in [0.29, 0.717) is 13.2 Å². The Bertz CT molecular complexity index is 164. The molecule has 0 bridgehead atoms. The van der Waals surface area contributed by atoms with Crippen molar-refractivity contribution in [1.82, 2.24) is 4.90 Å². The number of hydrogen-bond donors (Lipinski definition) is 2. The molecule has 1 rings (SSSR count). The number of aliphatic hydroxyl groups is 2. The van der Waals surface area contributed by atoms with E-state index in [2.05, 4.69) is 4.90 Å². The number of methoxy groups -OCH3 is 1. The molecule has 1 aliphatic rings. The van der Waals surface area contributed by atoms with E-state index in [9.17, 15) is 0 Å². The highest BCUT2D eigenvalue weighted by Gasteiger charge is 2.25. The van der Waals surface area contributed by atoms with Crippen LogP contribution in [0.2, 0.25) is 0 Å². The predicted octanol–water partition coefficient (Wildman–Crippen LogP) is -0.923. The van der Waals surface area contributed by atoms with E-state index < -0.39 is 0 Å². The van der Waals surface area contributed by atoms with Gasteiger partial charge in [-0.25, -0.2) is 0 Å². The normalized spacial score (nSPS) is 23.6. The second-order valence-corrected chi connectivity index (χ2v) is 3.79. The first-order chi connectivity index (χ1) is 7.31. The zero-order valence-corrected chi connectivity index (χ0v) is 9.26. The first kappa shape index (κ1) is 12.9. The third kappa shape index (κ3) is 4.04. The van der Waals surface area contributed by atoms with Gasteiger partial charge in [-0.3, -0.25) is 4.90 Å². The summed E-state index contributed by atoms with van der Waals surface area (Å²) in [4.78, 5) is 2.07. The van der Waals surface area contributed by atoms with Gasteiger partial charge in [-0.1, -0.05) is 0 Å². The van der Waals surface area contributed by atoms with Crippen LogP contribution in [0.15, 0.2) is 0 Å². The predicted molar refractivity (Wildman–Crippen MR) is 55.8 cm³/mol. The molecule has 1 atom stereocenters. The minimum absolute atomic E-state index is 0.00645. The highest BCUT2D eigenvalue weighted by Crippen LogP contribution is 2.11. The van der Waals surface area contributed by atoms with Gasteiger partial charge in [0.05, 0.1) is 32.0 Å². The molecule has 0 aromatic heterocycles. The minimum Gasteiger partial charge on any atom is -0.395 e. The third-order valence-electron chi connectivity index (χ3n) is 2.75. The van der Waals surface area contributed by atoms with Gasteiger partial charge in [0, 0.05) is 26.8 Å². The van der Waals surface area contributed by atoms with Gasteiger partial charge in [0.25, 0.3) is 0 Å². The van der Waals surface area contributed by atoms with Crippen molar-refractivity contribution in [1.29, 1.82) is 0 Å². The first-order valence-corrected chi connectivity index (χ1v) is 5.38. The van der Waals surface area contributed by atoms with Gasteiger partial charge in [0.2, 0.25) is 0 Å². The summed E-state index contributed by atoms with van der Waals surface area (Å²) < 4.78 is 10.6. The molecule has 0 aliphatic carbocycles. The van der Waals surface area contributed by atoms with E-state index in [1.807, 2.05) is 0 Å². The molecule has 0 aromatic carbocycles. The molecule has 0 spiro atoms. The Labute approximate surface area is 90.6 Å². The fourth-order valence-electron chi connectivity index (χ4n) is 1.79. The Morgan fingerprint density at radius 3 is 2.80 bits per heavy atom. The minimum atomic E-state index is -0.154. The van der Waals surface area contributed by atoms with Crippen LogP contribution in [0.1, 0.15) is 6.42 Å². The van der Waals surface area contributed by atoms with Crippen LogP contribution in [0.25, 0.3) is 0 Å². The maximum absolute atomic E-state index is 9.07. The van der Waals surface area contributed by atoms with Crippen LogP contribution in [0.3, 0.4) is 0 Å². The van der Waals surface area contributed by atoms with Crippen molar-refractivity contribution in [2.45, 2.75) is 18.6 Å². The number of hydrogen-bond acceptors (Lipinski definition) is 5. The lowest BCUT2D eigenvalue weighted by atomic mass is 10.1. The van der Waals surface area contributed by atoms with Gasteiger partial charge in [-0.2, -0.15) is 0 Å². The van der Waals surface area contributed by atoms with E-state index in [-0.39, 0.29) is 25.4 Å². The van der Waals surface area contributed by atoms with E-state index in [1.165, 1.54) is 0 Å². The fraction of sp³-hybridized carbons (Fsp3) is 1.00. The van der Waals surface area contributed by atoms with Crippen LogP contribution in [-0.4, -0.2) is 73.9 Å². The van der Waals surface area contributed by atoms with Crippen molar-refractivity contribution in [2.24, 2.45) is 0 Å². The summed E-state index contributed by atoms with van der Waals surface area (Å²) in [5.41, 5.74) is 0. The molecule has 1 saturated heterocycles. The number of aliphatic hydroxyl groups excluding tert-OH is 2. The molecule has 1 fully saturated rings. The smallest absolute Gasteiger partial charge is 0.0724 e. The van der Waals surface area contributed by atoms with E-state index >= 15 is 0 Å². The van der Waals surface area contributed by atoms with Gasteiger partial charge >= 0.3 is 0 Å². The van der Waals surface area contributed by atoms with Gasteiger partial charge in [0.1, 0.15) is 0 Å². The third-order valence-corrected chi connectivity index (χ3v) is 2.75.